The Balaban J connectivity index is 2.77. The second kappa shape index (κ2) is 6.64. The van der Waals surface area contributed by atoms with Gasteiger partial charge in [0.15, 0.2) is 0 Å². The zero-order valence-corrected chi connectivity index (χ0v) is 10.6. The number of hydrogen-bond donors (Lipinski definition) is 1. The number of hydrogen-bond acceptors (Lipinski definition) is 2. The van der Waals surface area contributed by atoms with Crippen molar-refractivity contribution in [3.05, 3.63) is 24.4 Å². The maximum atomic E-state index is 8.99. The van der Waals surface area contributed by atoms with Gasteiger partial charge in [0.25, 0.3) is 0 Å². The zero-order chi connectivity index (χ0) is 12.0. The molecule has 90 valence electrons. The Kier molecular flexibility index (Phi) is 5.47. The summed E-state index contributed by atoms with van der Waals surface area (Å²) in [5.74, 6) is 1.40. The summed E-state index contributed by atoms with van der Waals surface area (Å²) in [5.41, 5.74) is 1.16. The predicted octanol–water partition coefficient (Wildman–Crippen LogP) is 3.19. The summed E-state index contributed by atoms with van der Waals surface area (Å²) in [7, 11) is 0. The minimum Gasteiger partial charge on any atom is -0.396 e. The number of aliphatic hydroxyl groups is 1. The summed E-state index contributed by atoms with van der Waals surface area (Å²) in [4.78, 5) is 4.50. The first-order chi connectivity index (χ1) is 7.69. The van der Waals surface area contributed by atoms with E-state index in [-0.39, 0.29) is 12.5 Å². The van der Waals surface area contributed by atoms with E-state index in [1.54, 1.807) is 0 Å². The molecule has 1 aliphatic rings. The minimum atomic E-state index is 0.200. The molecule has 16 heavy (non-hydrogen) atoms. The largest absolute Gasteiger partial charge is 0.396 e. The monoisotopic (exact) mass is 221 g/mol. The van der Waals surface area contributed by atoms with Gasteiger partial charge in [-0.1, -0.05) is 32.9 Å². The van der Waals surface area contributed by atoms with Crippen molar-refractivity contribution in [1.82, 2.24) is 0 Å². The Morgan fingerprint density at radius 2 is 2.38 bits per heavy atom. The SMILES string of the molecule is CCC1C(/C=C\C(C)CO)=NC=CCC1C. The lowest BCUT2D eigenvalue weighted by Gasteiger charge is -2.20. The van der Waals surface area contributed by atoms with Gasteiger partial charge >= 0.3 is 0 Å². The molecular formula is C14H23NO. The summed E-state index contributed by atoms with van der Waals surface area (Å²) in [5, 5.41) is 8.99. The number of aliphatic imine (C=N–C) groups is 1. The molecule has 3 atom stereocenters. The normalized spacial score (nSPS) is 27.9. The molecule has 1 N–H and O–H groups in total. The number of aliphatic hydroxyl groups excluding tert-OH is 1. The van der Waals surface area contributed by atoms with Crippen LogP contribution >= 0.6 is 0 Å². The van der Waals surface area contributed by atoms with Crippen molar-refractivity contribution in [2.24, 2.45) is 22.7 Å². The minimum absolute atomic E-state index is 0.200. The molecule has 0 aromatic heterocycles. The van der Waals surface area contributed by atoms with E-state index in [1.165, 1.54) is 0 Å². The highest BCUT2D eigenvalue weighted by Gasteiger charge is 2.19. The topological polar surface area (TPSA) is 32.6 Å². The molecule has 0 bridgehead atoms. The molecule has 0 radical (unpaired) electrons. The molecule has 0 aliphatic carbocycles. The van der Waals surface area contributed by atoms with Crippen LogP contribution in [0.25, 0.3) is 0 Å². The van der Waals surface area contributed by atoms with Crippen LogP contribution in [0.5, 0.6) is 0 Å². The van der Waals surface area contributed by atoms with E-state index in [0.29, 0.717) is 11.8 Å². The lowest BCUT2D eigenvalue weighted by Crippen LogP contribution is -2.18. The van der Waals surface area contributed by atoms with Gasteiger partial charge in [-0.05, 0) is 30.8 Å². The third-order valence-corrected chi connectivity index (χ3v) is 3.23. The van der Waals surface area contributed by atoms with Gasteiger partial charge in [0.2, 0.25) is 0 Å². The van der Waals surface area contributed by atoms with Crippen LogP contribution in [0.3, 0.4) is 0 Å². The fraction of sp³-hybridized carbons (Fsp3) is 0.643. The third kappa shape index (κ3) is 3.60. The van der Waals surface area contributed by atoms with Crippen LogP contribution in [0.15, 0.2) is 29.4 Å². The molecule has 0 saturated heterocycles. The fourth-order valence-corrected chi connectivity index (χ4v) is 2.07. The average Bonchev–Trinajstić information content (AvgIpc) is 2.47. The first kappa shape index (κ1) is 13.2. The van der Waals surface area contributed by atoms with Crippen LogP contribution < -0.4 is 0 Å². The molecule has 1 rings (SSSR count). The molecular weight excluding hydrogens is 198 g/mol. The predicted molar refractivity (Wildman–Crippen MR) is 69.5 cm³/mol. The molecule has 0 fully saturated rings. The van der Waals surface area contributed by atoms with Crippen molar-refractivity contribution >= 4 is 5.71 Å². The van der Waals surface area contributed by atoms with Crippen molar-refractivity contribution in [1.29, 1.82) is 0 Å². The van der Waals surface area contributed by atoms with Crippen molar-refractivity contribution < 1.29 is 5.11 Å². The van der Waals surface area contributed by atoms with Crippen LogP contribution in [-0.2, 0) is 0 Å². The summed E-state index contributed by atoms with van der Waals surface area (Å²) in [6.07, 6.45) is 10.4. The number of allylic oxidation sites excluding steroid dienone is 2. The molecule has 0 amide bonds. The van der Waals surface area contributed by atoms with Gasteiger partial charge in [0.1, 0.15) is 0 Å². The average molecular weight is 221 g/mol. The summed E-state index contributed by atoms with van der Waals surface area (Å²) in [6, 6.07) is 0. The maximum Gasteiger partial charge on any atom is 0.0491 e. The van der Waals surface area contributed by atoms with Crippen LogP contribution in [-0.4, -0.2) is 17.4 Å². The molecule has 3 unspecified atom stereocenters. The van der Waals surface area contributed by atoms with Gasteiger partial charge in [0.05, 0.1) is 0 Å². The van der Waals surface area contributed by atoms with Crippen molar-refractivity contribution in [3.63, 3.8) is 0 Å². The van der Waals surface area contributed by atoms with E-state index in [2.05, 4.69) is 31.0 Å². The number of rotatable bonds is 4. The van der Waals surface area contributed by atoms with Crippen molar-refractivity contribution in [2.75, 3.05) is 6.61 Å². The molecule has 1 aliphatic heterocycles. The van der Waals surface area contributed by atoms with Crippen molar-refractivity contribution in [2.45, 2.75) is 33.6 Å². The molecule has 0 aromatic carbocycles. The first-order valence-electron chi connectivity index (χ1n) is 6.20. The van der Waals surface area contributed by atoms with E-state index >= 15 is 0 Å². The van der Waals surface area contributed by atoms with E-state index in [9.17, 15) is 0 Å². The molecule has 0 aromatic rings. The Bertz CT molecular complexity index is 291. The lowest BCUT2D eigenvalue weighted by molar-refractivity contribution is 0.262. The van der Waals surface area contributed by atoms with Crippen LogP contribution in [0.4, 0.5) is 0 Å². The highest BCUT2D eigenvalue weighted by molar-refractivity contribution is 5.97. The molecule has 2 heteroatoms. The third-order valence-electron chi connectivity index (χ3n) is 3.23. The van der Waals surface area contributed by atoms with Gasteiger partial charge in [-0.25, -0.2) is 0 Å². The second-order valence-corrected chi connectivity index (χ2v) is 4.69. The Labute approximate surface area is 98.8 Å². The smallest absolute Gasteiger partial charge is 0.0491 e. The van der Waals surface area contributed by atoms with Gasteiger partial charge < -0.3 is 5.11 Å². The highest BCUT2D eigenvalue weighted by Crippen LogP contribution is 2.24. The van der Waals surface area contributed by atoms with Gasteiger partial charge in [-0.2, -0.15) is 0 Å². The Morgan fingerprint density at radius 1 is 1.62 bits per heavy atom. The maximum absolute atomic E-state index is 8.99. The molecule has 2 nitrogen and oxygen atoms in total. The fourth-order valence-electron chi connectivity index (χ4n) is 2.07. The second-order valence-electron chi connectivity index (χ2n) is 4.69. The lowest BCUT2D eigenvalue weighted by atomic mass is 9.85. The molecule has 1 heterocycles. The van der Waals surface area contributed by atoms with E-state index in [0.717, 1.165) is 18.6 Å². The number of nitrogens with zero attached hydrogens (tertiary/aromatic N) is 1. The van der Waals surface area contributed by atoms with E-state index in [4.69, 9.17) is 5.11 Å². The van der Waals surface area contributed by atoms with Crippen LogP contribution in [0.1, 0.15) is 33.6 Å². The summed E-state index contributed by atoms with van der Waals surface area (Å²) < 4.78 is 0. The molecule has 0 spiro atoms. The highest BCUT2D eigenvalue weighted by atomic mass is 16.3. The van der Waals surface area contributed by atoms with Gasteiger partial charge in [-0.3, -0.25) is 4.99 Å². The standard InChI is InChI=1S/C14H23NO/c1-4-13-12(3)6-5-9-15-14(13)8-7-11(2)10-16/h5,7-9,11-13,16H,4,6,10H2,1-3H3/b8-7-. The zero-order valence-electron chi connectivity index (χ0n) is 10.6. The summed E-state index contributed by atoms with van der Waals surface area (Å²) in [6.45, 7) is 6.70. The van der Waals surface area contributed by atoms with E-state index < -0.39 is 0 Å². The van der Waals surface area contributed by atoms with Crippen molar-refractivity contribution in [3.8, 4) is 0 Å². The Morgan fingerprint density at radius 3 is 3.00 bits per heavy atom. The first-order valence-corrected chi connectivity index (χ1v) is 6.20. The van der Waals surface area contributed by atoms with Crippen LogP contribution in [0, 0.1) is 17.8 Å². The van der Waals surface area contributed by atoms with E-state index in [1.807, 2.05) is 19.2 Å². The Hall–Kier alpha value is -0.890. The molecule has 0 saturated carbocycles. The van der Waals surface area contributed by atoms with Crippen LogP contribution in [0.2, 0.25) is 0 Å². The summed E-state index contributed by atoms with van der Waals surface area (Å²) >= 11 is 0. The van der Waals surface area contributed by atoms with Gasteiger partial charge in [0, 0.05) is 24.4 Å². The quantitative estimate of drug-likeness (QED) is 0.777. The van der Waals surface area contributed by atoms with Gasteiger partial charge in [-0.15, -0.1) is 0 Å².